The molecule has 0 radical (unpaired) electrons. The standard InChI is InChI=1S/C11H12O3S/c12-8-2-1-3-9-10(8)14-11(13-9)4-6-15-7-5-11/h1-3,12H,4-7H2. The summed E-state index contributed by atoms with van der Waals surface area (Å²) < 4.78 is 11.6. The van der Waals surface area contributed by atoms with Crippen molar-refractivity contribution in [2.75, 3.05) is 11.5 Å². The third-order valence-electron chi connectivity index (χ3n) is 2.80. The van der Waals surface area contributed by atoms with Crippen molar-refractivity contribution in [3.8, 4) is 17.2 Å². The van der Waals surface area contributed by atoms with Crippen LogP contribution in [0.3, 0.4) is 0 Å². The molecule has 0 unspecified atom stereocenters. The SMILES string of the molecule is Oc1cccc2c1OC1(CCSCC1)O2. The van der Waals surface area contributed by atoms with Gasteiger partial charge in [0.1, 0.15) is 0 Å². The van der Waals surface area contributed by atoms with E-state index in [-0.39, 0.29) is 5.75 Å². The molecular weight excluding hydrogens is 212 g/mol. The van der Waals surface area contributed by atoms with Gasteiger partial charge < -0.3 is 14.6 Å². The van der Waals surface area contributed by atoms with Crippen LogP contribution in [0.15, 0.2) is 18.2 Å². The quantitative estimate of drug-likeness (QED) is 0.734. The molecule has 0 saturated carbocycles. The van der Waals surface area contributed by atoms with Crippen molar-refractivity contribution in [3.05, 3.63) is 18.2 Å². The molecule has 2 heterocycles. The average Bonchev–Trinajstić information content (AvgIpc) is 2.59. The zero-order valence-electron chi connectivity index (χ0n) is 8.23. The molecule has 3 nitrogen and oxygen atoms in total. The summed E-state index contributed by atoms with van der Waals surface area (Å²) >= 11 is 1.92. The number of aromatic hydroxyl groups is 1. The lowest BCUT2D eigenvalue weighted by atomic mass is 10.1. The van der Waals surface area contributed by atoms with Gasteiger partial charge in [-0.05, 0) is 12.1 Å². The number of phenolic OH excluding ortho intramolecular Hbond substituents is 1. The molecule has 0 aromatic heterocycles. The molecule has 0 aliphatic carbocycles. The molecule has 0 bridgehead atoms. The molecule has 1 aromatic carbocycles. The predicted molar refractivity (Wildman–Crippen MR) is 58.7 cm³/mol. The molecule has 3 rings (SSSR count). The number of fused-ring (bicyclic) bond motifs is 1. The number of phenols is 1. The Morgan fingerprint density at radius 2 is 2.00 bits per heavy atom. The normalized spacial score (nSPS) is 21.9. The summed E-state index contributed by atoms with van der Waals surface area (Å²) in [5, 5.41) is 9.64. The van der Waals surface area contributed by atoms with Crippen molar-refractivity contribution < 1.29 is 14.6 Å². The second-order valence-electron chi connectivity index (χ2n) is 3.83. The third-order valence-corrected chi connectivity index (χ3v) is 3.78. The van der Waals surface area contributed by atoms with E-state index in [2.05, 4.69) is 0 Å². The minimum absolute atomic E-state index is 0.169. The number of ether oxygens (including phenoxy) is 2. The summed E-state index contributed by atoms with van der Waals surface area (Å²) in [6.07, 6.45) is 1.76. The van der Waals surface area contributed by atoms with Gasteiger partial charge in [0.2, 0.25) is 5.75 Å². The molecule has 2 aliphatic heterocycles. The lowest BCUT2D eigenvalue weighted by Crippen LogP contribution is -2.41. The Balaban J connectivity index is 1.94. The molecule has 1 aromatic rings. The topological polar surface area (TPSA) is 38.7 Å². The Hall–Kier alpha value is -1.03. The fraction of sp³-hybridized carbons (Fsp3) is 0.455. The van der Waals surface area contributed by atoms with Crippen molar-refractivity contribution in [3.63, 3.8) is 0 Å². The molecule has 2 aliphatic rings. The number of thioether (sulfide) groups is 1. The average molecular weight is 224 g/mol. The third kappa shape index (κ3) is 1.44. The lowest BCUT2D eigenvalue weighted by molar-refractivity contribution is -0.0851. The summed E-state index contributed by atoms with van der Waals surface area (Å²) in [7, 11) is 0. The maximum atomic E-state index is 9.64. The molecule has 1 saturated heterocycles. The van der Waals surface area contributed by atoms with Crippen molar-refractivity contribution in [2.24, 2.45) is 0 Å². The zero-order chi connectivity index (χ0) is 10.3. The Morgan fingerprint density at radius 1 is 1.20 bits per heavy atom. The molecule has 0 amide bonds. The van der Waals surface area contributed by atoms with Crippen LogP contribution in [0.4, 0.5) is 0 Å². The van der Waals surface area contributed by atoms with Gasteiger partial charge in [-0.2, -0.15) is 11.8 Å². The van der Waals surface area contributed by atoms with Crippen molar-refractivity contribution in [1.29, 1.82) is 0 Å². The predicted octanol–water partition coefficient (Wildman–Crippen LogP) is 2.39. The number of rotatable bonds is 0. The first kappa shape index (κ1) is 9.21. The number of hydrogen-bond donors (Lipinski definition) is 1. The van der Waals surface area contributed by atoms with Crippen LogP contribution in [0.5, 0.6) is 17.2 Å². The number of para-hydroxylation sites is 1. The fourth-order valence-corrected chi connectivity index (χ4v) is 3.10. The highest BCUT2D eigenvalue weighted by atomic mass is 32.2. The molecule has 1 fully saturated rings. The van der Waals surface area contributed by atoms with Gasteiger partial charge in [-0.3, -0.25) is 0 Å². The van der Waals surface area contributed by atoms with Gasteiger partial charge in [0, 0.05) is 24.3 Å². The summed E-state index contributed by atoms with van der Waals surface area (Å²) in [5.41, 5.74) is 0. The minimum Gasteiger partial charge on any atom is -0.504 e. The van der Waals surface area contributed by atoms with Gasteiger partial charge in [-0.15, -0.1) is 0 Å². The summed E-state index contributed by atoms with van der Waals surface area (Å²) in [6.45, 7) is 0. The first-order valence-corrected chi connectivity index (χ1v) is 6.22. The Bertz CT molecular complexity index is 385. The van der Waals surface area contributed by atoms with E-state index in [9.17, 15) is 5.11 Å². The highest BCUT2D eigenvalue weighted by Crippen LogP contribution is 2.48. The first-order chi connectivity index (χ1) is 7.29. The van der Waals surface area contributed by atoms with E-state index in [0.717, 1.165) is 24.3 Å². The van der Waals surface area contributed by atoms with Crippen LogP contribution >= 0.6 is 11.8 Å². The Kier molecular flexibility index (Phi) is 1.99. The molecular formula is C11H12O3S. The van der Waals surface area contributed by atoms with Crippen molar-refractivity contribution in [2.45, 2.75) is 18.6 Å². The first-order valence-electron chi connectivity index (χ1n) is 5.07. The van der Waals surface area contributed by atoms with Crippen LogP contribution in [0.25, 0.3) is 0 Å². The zero-order valence-corrected chi connectivity index (χ0v) is 9.05. The van der Waals surface area contributed by atoms with Crippen LogP contribution < -0.4 is 9.47 Å². The van der Waals surface area contributed by atoms with Gasteiger partial charge in [0.05, 0.1) is 0 Å². The minimum atomic E-state index is -0.508. The highest BCUT2D eigenvalue weighted by molar-refractivity contribution is 7.99. The van der Waals surface area contributed by atoms with E-state index in [0.29, 0.717) is 11.5 Å². The largest absolute Gasteiger partial charge is 0.504 e. The molecule has 0 atom stereocenters. The van der Waals surface area contributed by atoms with Gasteiger partial charge in [-0.25, -0.2) is 0 Å². The number of hydrogen-bond acceptors (Lipinski definition) is 4. The van der Waals surface area contributed by atoms with Gasteiger partial charge in [0.15, 0.2) is 11.5 Å². The summed E-state index contributed by atoms with van der Waals surface area (Å²) in [5.74, 6) is 2.93. The monoisotopic (exact) mass is 224 g/mol. The summed E-state index contributed by atoms with van der Waals surface area (Å²) in [4.78, 5) is 0. The molecule has 4 heteroatoms. The van der Waals surface area contributed by atoms with E-state index < -0.39 is 5.79 Å². The van der Waals surface area contributed by atoms with Crippen LogP contribution in [0, 0.1) is 0 Å². The van der Waals surface area contributed by atoms with E-state index in [4.69, 9.17) is 9.47 Å². The smallest absolute Gasteiger partial charge is 0.253 e. The lowest BCUT2D eigenvalue weighted by Gasteiger charge is -2.30. The van der Waals surface area contributed by atoms with Crippen LogP contribution in [-0.4, -0.2) is 22.4 Å². The number of benzene rings is 1. The second kappa shape index (κ2) is 3.23. The fourth-order valence-electron chi connectivity index (χ4n) is 1.98. The van der Waals surface area contributed by atoms with Gasteiger partial charge >= 0.3 is 0 Å². The van der Waals surface area contributed by atoms with Crippen molar-refractivity contribution >= 4 is 11.8 Å². The molecule has 15 heavy (non-hydrogen) atoms. The van der Waals surface area contributed by atoms with Crippen molar-refractivity contribution in [1.82, 2.24) is 0 Å². The Morgan fingerprint density at radius 3 is 2.73 bits per heavy atom. The van der Waals surface area contributed by atoms with Gasteiger partial charge in [-0.1, -0.05) is 6.07 Å². The molecule has 80 valence electrons. The van der Waals surface area contributed by atoms with Crippen LogP contribution in [-0.2, 0) is 0 Å². The maximum Gasteiger partial charge on any atom is 0.253 e. The maximum absolute atomic E-state index is 9.64. The van der Waals surface area contributed by atoms with E-state index in [1.54, 1.807) is 12.1 Å². The van der Waals surface area contributed by atoms with Gasteiger partial charge in [0.25, 0.3) is 5.79 Å². The molecule has 1 N–H and O–H groups in total. The van der Waals surface area contributed by atoms with Crippen LogP contribution in [0.1, 0.15) is 12.8 Å². The molecule has 1 spiro atoms. The highest BCUT2D eigenvalue weighted by Gasteiger charge is 2.43. The van der Waals surface area contributed by atoms with E-state index in [1.165, 1.54) is 0 Å². The second-order valence-corrected chi connectivity index (χ2v) is 5.06. The summed E-state index contributed by atoms with van der Waals surface area (Å²) in [6, 6.07) is 5.23. The van der Waals surface area contributed by atoms with E-state index in [1.807, 2.05) is 17.8 Å². The van der Waals surface area contributed by atoms with Crippen LogP contribution in [0.2, 0.25) is 0 Å². The van der Waals surface area contributed by atoms with E-state index >= 15 is 0 Å². The Labute approximate surface area is 92.4 Å².